The van der Waals surface area contributed by atoms with E-state index in [0.717, 1.165) is 37.4 Å². The van der Waals surface area contributed by atoms with E-state index in [9.17, 15) is 9.59 Å². The lowest BCUT2D eigenvalue weighted by molar-refractivity contribution is 0.562. The average molecular weight is 450 g/mol. The maximum Gasteiger partial charge on any atom is 0.332 e. The summed E-state index contributed by atoms with van der Waals surface area (Å²) >= 11 is 5.97. The molecule has 0 atom stereocenters. The first-order valence-electron chi connectivity index (χ1n) is 10.8. The molecule has 3 heterocycles. The van der Waals surface area contributed by atoms with E-state index in [1.54, 1.807) is 19.2 Å². The van der Waals surface area contributed by atoms with Crippen LogP contribution < -0.4 is 16.1 Å². The molecule has 0 saturated carbocycles. The number of halogens is 1. The number of anilines is 1. The summed E-state index contributed by atoms with van der Waals surface area (Å²) in [6.45, 7) is 2.59. The fourth-order valence-electron chi connectivity index (χ4n) is 4.37. The van der Waals surface area contributed by atoms with Crippen LogP contribution in [-0.4, -0.2) is 31.8 Å². The van der Waals surface area contributed by atoms with Crippen molar-refractivity contribution in [3.05, 3.63) is 91.6 Å². The van der Waals surface area contributed by atoms with Crippen molar-refractivity contribution in [1.29, 1.82) is 0 Å². The molecular formula is C24H24ClN5O2. The van der Waals surface area contributed by atoms with Gasteiger partial charge >= 0.3 is 5.69 Å². The van der Waals surface area contributed by atoms with Crippen LogP contribution >= 0.6 is 11.6 Å². The molecule has 0 N–H and O–H groups in total. The van der Waals surface area contributed by atoms with Gasteiger partial charge in [-0.15, -0.1) is 0 Å². The molecule has 0 aliphatic carbocycles. The van der Waals surface area contributed by atoms with Crippen molar-refractivity contribution in [1.82, 2.24) is 18.7 Å². The van der Waals surface area contributed by atoms with Gasteiger partial charge in [0.25, 0.3) is 5.56 Å². The zero-order chi connectivity index (χ0) is 22.2. The highest BCUT2D eigenvalue weighted by Gasteiger charge is 2.26. The molecule has 5 rings (SSSR count). The van der Waals surface area contributed by atoms with Gasteiger partial charge in [-0.2, -0.15) is 4.98 Å². The first kappa shape index (κ1) is 20.6. The van der Waals surface area contributed by atoms with E-state index in [-0.39, 0.29) is 17.8 Å². The Morgan fingerprint density at radius 3 is 2.47 bits per heavy atom. The lowest BCUT2D eigenvalue weighted by atomic mass is 10.1. The molecule has 164 valence electrons. The molecule has 0 fully saturated rings. The Hall–Kier alpha value is -3.32. The minimum Gasteiger partial charge on any atom is -0.342 e. The molecule has 7 nitrogen and oxygen atoms in total. The van der Waals surface area contributed by atoms with Crippen molar-refractivity contribution >= 4 is 28.7 Å². The average Bonchev–Trinajstić information content (AvgIpc) is 3.21. The van der Waals surface area contributed by atoms with Crippen LogP contribution in [0.2, 0.25) is 5.02 Å². The number of aromatic nitrogens is 4. The summed E-state index contributed by atoms with van der Waals surface area (Å²) in [6, 6.07) is 17.5. The van der Waals surface area contributed by atoms with Gasteiger partial charge in [0, 0.05) is 31.7 Å². The number of aryl methyl sites for hydroxylation is 2. The van der Waals surface area contributed by atoms with Crippen molar-refractivity contribution in [3.8, 4) is 0 Å². The van der Waals surface area contributed by atoms with Crippen LogP contribution in [0.3, 0.4) is 0 Å². The van der Waals surface area contributed by atoms with Gasteiger partial charge in [-0.05, 0) is 36.1 Å². The fraction of sp³-hybridized carbons (Fsp3) is 0.292. The van der Waals surface area contributed by atoms with Crippen molar-refractivity contribution in [2.45, 2.75) is 25.9 Å². The SMILES string of the molecule is Cn1c(=O)n(Cc2ccc(Cl)cc2)c(=O)c2c1nc1n2CCCN1CCc1ccccc1. The van der Waals surface area contributed by atoms with Crippen molar-refractivity contribution in [3.63, 3.8) is 0 Å². The van der Waals surface area contributed by atoms with Crippen LogP contribution in [0.1, 0.15) is 17.5 Å². The lowest BCUT2D eigenvalue weighted by Crippen LogP contribution is -2.40. The fourth-order valence-corrected chi connectivity index (χ4v) is 4.49. The quantitative estimate of drug-likeness (QED) is 0.469. The topological polar surface area (TPSA) is 65.1 Å². The normalized spacial score (nSPS) is 13.5. The zero-order valence-electron chi connectivity index (χ0n) is 17.9. The highest BCUT2D eigenvalue weighted by atomic mass is 35.5. The first-order valence-corrected chi connectivity index (χ1v) is 11.1. The van der Waals surface area contributed by atoms with E-state index < -0.39 is 0 Å². The highest BCUT2D eigenvalue weighted by molar-refractivity contribution is 6.30. The Labute approximate surface area is 190 Å². The van der Waals surface area contributed by atoms with E-state index in [1.165, 1.54) is 14.7 Å². The van der Waals surface area contributed by atoms with Gasteiger partial charge in [0.05, 0.1) is 6.54 Å². The Morgan fingerprint density at radius 1 is 0.969 bits per heavy atom. The summed E-state index contributed by atoms with van der Waals surface area (Å²) in [5.74, 6) is 0.763. The second kappa shape index (κ2) is 8.31. The van der Waals surface area contributed by atoms with Crippen molar-refractivity contribution in [2.75, 3.05) is 18.0 Å². The molecule has 2 aromatic heterocycles. The van der Waals surface area contributed by atoms with Gasteiger partial charge in [-0.3, -0.25) is 13.9 Å². The predicted octanol–water partition coefficient (Wildman–Crippen LogP) is 3.05. The number of benzene rings is 2. The van der Waals surface area contributed by atoms with E-state index in [0.29, 0.717) is 22.7 Å². The molecule has 0 bridgehead atoms. The monoisotopic (exact) mass is 449 g/mol. The smallest absolute Gasteiger partial charge is 0.332 e. The maximum atomic E-state index is 13.4. The number of nitrogens with zero attached hydrogens (tertiary/aromatic N) is 5. The largest absolute Gasteiger partial charge is 0.342 e. The molecule has 0 unspecified atom stereocenters. The van der Waals surface area contributed by atoms with E-state index >= 15 is 0 Å². The molecule has 4 aromatic rings. The molecular weight excluding hydrogens is 426 g/mol. The second-order valence-corrected chi connectivity index (χ2v) is 8.61. The third kappa shape index (κ3) is 3.62. The minimum atomic E-state index is -0.372. The number of fused-ring (bicyclic) bond motifs is 3. The van der Waals surface area contributed by atoms with Crippen LogP contribution in [0, 0.1) is 0 Å². The molecule has 2 aromatic carbocycles. The molecule has 0 spiro atoms. The summed E-state index contributed by atoms with van der Waals surface area (Å²) in [7, 11) is 1.68. The van der Waals surface area contributed by atoms with Gasteiger partial charge in [0.2, 0.25) is 5.95 Å². The van der Waals surface area contributed by atoms with Gasteiger partial charge in [-0.1, -0.05) is 54.1 Å². The van der Waals surface area contributed by atoms with Crippen LogP contribution in [0.15, 0.2) is 64.2 Å². The van der Waals surface area contributed by atoms with Crippen LogP contribution in [0.4, 0.5) is 5.95 Å². The van der Waals surface area contributed by atoms with E-state index in [4.69, 9.17) is 16.6 Å². The van der Waals surface area contributed by atoms with E-state index in [1.807, 2.05) is 34.9 Å². The van der Waals surface area contributed by atoms with Crippen molar-refractivity contribution in [2.24, 2.45) is 7.05 Å². The summed E-state index contributed by atoms with van der Waals surface area (Å²) in [6.07, 6.45) is 1.82. The van der Waals surface area contributed by atoms with Gasteiger partial charge in [0.1, 0.15) is 0 Å². The predicted molar refractivity (Wildman–Crippen MR) is 127 cm³/mol. The number of imidazole rings is 1. The second-order valence-electron chi connectivity index (χ2n) is 8.17. The molecule has 0 amide bonds. The van der Waals surface area contributed by atoms with E-state index in [2.05, 4.69) is 17.0 Å². The standard InChI is InChI=1S/C24H24ClN5O2/c1-27-21-20(22(31)30(24(27)32)16-18-8-10-19(25)11-9-18)29-14-5-13-28(23(29)26-21)15-12-17-6-3-2-4-7-17/h2-4,6-11H,5,12-16H2,1H3. The lowest BCUT2D eigenvalue weighted by Gasteiger charge is -2.29. The van der Waals surface area contributed by atoms with Crippen molar-refractivity contribution < 1.29 is 0 Å². The Morgan fingerprint density at radius 2 is 1.72 bits per heavy atom. The van der Waals surface area contributed by atoms with Crippen LogP contribution in [0.25, 0.3) is 11.2 Å². The minimum absolute atomic E-state index is 0.191. The summed E-state index contributed by atoms with van der Waals surface area (Å²) in [5.41, 5.74) is 2.36. The Bertz CT molecular complexity index is 1390. The molecule has 0 radical (unpaired) electrons. The van der Waals surface area contributed by atoms with Crippen LogP contribution in [0.5, 0.6) is 0 Å². The summed E-state index contributed by atoms with van der Waals surface area (Å²) < 4.78 is 4.74. The summed E-state index contributed by atoms with van der Waals surface area (Å²) in [4.78, 5) is 33.4. The molecule has 0 saturated heterocycles. The Kier molecular flexibility index (Phi) is 5.35. The zero-order valence-corrected chi connectivity index (χ0v) is 18.6. The van der Waals surface area contributed by atoms with Crippen LogP contribution in [-0.2, 0) is 26.6 Å². The third-order valence-corrected chi connectivity index (χ3v) is 6.32. The third-order valence-electron chi connectivity index (χ3n) is 6.07. The molecule has 32 heavy (non-hydrogen) atoms. The van der Waals surface area contributed by atoms with Gasteiger partial charge in [-0.25, -0.2) is 4.79 Å². The maximum absolute atomic E-state index is 13.4. The van der Waals surface area contributed by atoms with Gasteiger partial charge in [0.15, 0.2) is 11.2 Å². The number of rotatable bonds is 5. The Balaban J connectivity index is 1.55. The number of hydrogen-bond acceptors (Lipinski definition) is 4. The molecule has 1 aliphatic rings. The highest BCUT2D eigenvalue weighted by Crippen LogP contribution is 2.24. The molecule has 8 heteroatoms. The summed E-state index contributed by atoms with van der Waals surface area (Å²) in [5, 5.41) is 0.616. The number of hydrogen-bond donors (Lipinski definition) is 0. The first-order chi connectivity index (χ1) is 15.5. The van der Waals surface area contributed by atoms with Gasteiger partial charge < -0.3 is 9.47 Å². The molecule has 1 aliphatic heterocycles.